The Kier molecular flexibility index (Phi) is 12.9. The molecule has 0 spiro atoms. The summed E-state index contributed by atoms with van der Waals surface area (Å²) in [6.45, 7) is 6.00. The van der Waals surface area contributed by atoms with Gasteiger partial charge in [0.2, 0.25) is 23.6 Å². The highest BCUT2D eigenvalue weighted by molar-refractivity contribution is 6.00. The zero-order valence-electron chi connectivity index (χ0n) is 26.9. The summed E-state index contributed by atoms with van der Waals surface area (Å²) in [5.74, 6) is -3.41. The summed E-state index contributed by atoms with van der Waals surface area (Å²) in [5, 5.41) is 15.8. The Labute approximate surface area is 272 Å². The highest BCUT2D eigenvalue weighted by Crippen LogP contribution is 2.31. The molecule has 1 aliphatic heterocycles. The summed E-state index contributed by atoms with van der Waals surface area (Å²) >= 11 is 0. The lowest BCUT2D eigenvalue weighted by Gasteiger charge is -2.26. The third-order valence-corrected chi connectivity index (χ3v) is 6.73. The second kappa shape index (κ2) is 16.8. The first kappa shape index (κ1) is 36.1. The lowest BCUT2D eigenvalue weighted by molar-refractivity contribution is -0.151. The summed E-state index contributed by atoms with van der Waals surface area (Å²) in [7, 11) is 0. The third-order valence-electron chi connectivity index (χ3n) is 6.73. The van der Waals surface area contributed by atoms with Crippen molar-refractivity contribution in [2.24, 2.45) is 16.1 Å². The average Bonchev–Trinajstić information content (AvgIpc) is 3.34. The normalized spacial score (nSPS) is 16.1. The second-order valence-electron chi connectivity index (χ2n) is 11.7. The Hall–Kier alpha value is -5.34. The van der Waals surface area contributed by atoms with Crippen LogP contribution in [-0.4, -0.2) is 71.9 Å². The van der Waals surface area contributed by atoms with Crippen LogP contribution in [-0.2, 0) is 33.4 Å². The van der Waals surface area contributed by atoms with Crippen LogP contribution in [0.4, 0.5) is 27.5 Å². The van der Waals surface area contributed by atoms with Gasteiger partial charge >= 0.3 is 12.1 Å². The first-order valence-electron chi connectivity index (χ1n) is 15.2. The van der Waals surface area contributed by atoms with Crippen molar-refractivity contribution in [1.82, 2.24) is 15.5 Å². The van der Waals surface area contributed by atoms with Gasteiger partial charge in [-0.25, -0.2) is 14.5 Å². The quantitative estimate of drug-likeness (QED) is 0.141. The number of nitrogens with one attached hydrogen (secondary N) is 3. The van der Waals surface area contributed by atoms with Gasteiger partial charge in [0.05, 0.1) is 31.1 Å². The van der Waals surface area contributed by atoms with E-state index >= 15 is 0 Å². The molecule has 0 aliphatic carbocycles. The van der Waals surface area contributed by atoms with Gasteiger partial charge in [0, 0.05) is 23.7 Å². The van der Waals surface area contributed by atoms with E-state index in [0.717, 1.165) is 4.90 Å². The molecule has 1 heterocycles. The molecule has 15 heteroatoms. The Bertz CT molecular complexity index is 1470. The summed E-state index contributed by atoms with van der Waals surface area (Å²) in [6.07, 6.45) is -0.356. The molecule has 2 atom stereocenters. The number of anilines is 2. The smallest absolute Gasteiger partial charge is 0.417 e. The zero-order chi connectivity index (χ0) is 34.6. The molecule has 5 N–H and O–H groups in total. The molecule has 2 aromatic rings. The Morgan fingerprint density at radius 3 is 2.06 bits per heavy atom. The van der Waals surface area contributed by atoms with E-state index in [1.807, 2.05) is 0 Å². The molecule has 47 heavy (non-hydrogen) atoms. The van der Waals surface area contributed by atoms with E-state index in [2.05, 4.69) is 26.2 Å². The van der Waals surface area contributed by atoms with Gasteiger partial charge in [-0.1, -0.05) is 0 Å². The first-order chi connectivity index (χ1) is 22.3. The van der Waals surface area contributed by atoms with Crippen LogP contribution in [0, 0.1) is 5.92 Å². The van der Waals surface area contributed by atoms with Crippen molar-refractivity contribution >= 4 is 58.4 Å². The van der Waals surface area contributed by atoms with Gasteiger partial charge < -0.3 is 31.2 Å². The SMILES string of the molecule is CCOC(=O)[C@@H]1C[C@@H](CCCC(=O)NCC(=O)NCC(=O)Nc2ccc(N=Nc3ccc(N)cc3)cc2)C(=O)N1C(=O)OC(C)(C)C. The number of amides is 5. The van der Waals surface area contributed by atoms with Gasteiger partial charge in [-0.15, -0.1) is 0 Å². The molecule has 1 aliphatic rings. The van der Waals surface area contributed by atoms with E-state index in [0.29, 0.717) is 22.7 Å². The average molecular weight is 652 g/mol. The van der Waals surface area contributed by atoms with E-state index < -0.39 is 53.3 Å². The molecular formula is C32H41N7O8. The van der Waals surface area contributed by atoms with Gasteiger partial charge in [0.25, 0.3) is 0 Å². The van der Waals surface area contributed by atoms with Crippen molar-refractivity contribution in [3.05, 3.63) is 48.5 Å². The number of likely N-dealkylation sites (tertiary alicyclic amines) is 1. The van der Waals surface area contributed by atoms with Crippen LogP contribution in [0.3, 0.4) is 0 Å². The molecule has 1 fully saturated rings. The minimum absolute atomic E-state index is 0.00357. The largest absolute Gasteiger partial charge is 0.464 e. The van der Waals surface area contributed by atoms with Gasteiger partial charge in [0.15, 0.2) is 0 Å². The van der Waals surface area contributed by atoms with Crippen molar-refractivity contribution in [1.29, 1.82) is 0 Å². The maximum atomic E-state index is 13.0. The van der Waals surface area contributed by atoms with Crippen molar-refractivity contribution < 1.29 is 38.2 Å². The molecule has 15 nitrogen and oxygen atoms in total. The predicted octanol–water partition coefficient (Wildman–Crippen LogP) is 3.74. The van der Waals surface area contributed by atoms with Gasteiger partial charge in [-0.05, 0) is 95.5 Å². The number of nitrogen functional groups attached to an aromatic ring is 1. The number of ether oxygens (including phenoxy) is 2. The minimum atomic E-state index is -1.10. The number of carbonyl (C=O) groups is 6. The number of nitrogens with two attached hydrogens (primary N) is 1. The number of carbonyl (C=O) groups excluding carboxylic acids is 6. The number of hydrogen-bond acceptors (Lipinski definition) is 11. The molecule has 2 aromatic carbocycles. The maximum Gasteiger partial charge on any atom is 0.417 e. The summed E-state index contributed by atoms with van der Waals surface area (Å²) < 4.78 is 10.4. The van der Waals surface area contributed by atoms with E-state index in [1.165, 1.54) is 0 Å². The van der Waals surface area contributed by atoms with Crippen LogP contribution in [0.5, 0.6) is 0 Å². The molecule has 1 saturated heterocycles. The monoisotopic (exact) mass is 651 g/mol. The van der Waals surface area contributed by atoms with Crippen LogP contribution in [0.1, 0.15) is 53.4 Å². The molecule has 0 saturated carbocycles. The topological polar surface area (TPSA) is 211 Å². The highest BCUT2D eigenvalue weighted by atomic mass is 16.6. The molecule has 0 unspecified atom stereocenters. The van der Waals surface area contributed by atoms with E-state index in [1.54, 1.807) is 76.2 Å². The number of imide groups is 1. The maximum absolute atomic E-state index is 13.0. The van der Waals surface area contributed by atoms with Crippen LogP contribution in [0.25, 0.3) is 0 Å². The first-order valence-corrected chi connectivity index (χ1v) is 15.2. The second-order valence-corrected chi connectivity index (χ2v) is 11.7. The molecule has 3 rings (SSSR count). The number of nitrogens with zero attached hydrogens (tertiary/aromatic N) is 3. The molecular weight excluding hydrogens is 610 g/mol. The van der Waals surface area contributed by atoms with E-state index in [4.69, 9.17) is 15.2 Å². The number of rotatable bonds is 13. The van der Waals surface area contributed by atoms with Crippen molar-refractivity contribution in [2.75, 3.05) is 30.7 Å². The Balaban J connectivity index is 1.36. The molecule has 5 amide bonds. The predicted molar refractivity (Wildman–Crippen MR) is 172 cm³/mol. The standard InChI is InChI=1S/C32H41N7O8/c1-5-46-30(44)25-17-20(29(43)39(25)31(45)47-32(2,3)4)7-6-8-26(40)34-18-27(41)35-19-28(42)36-22-13-15-24(16-14-22)38-37-23-11-9-21(33)10-12-23/h9-16,20,25H,5-8,17-19,33H2,1-4H3,(H,34,40)(H,35,41)(H,36,42)/t20-,25+/m1/s1. The zero-order valence-corrected chi connectivity index (χ0v) is 26.9. The van der Waals surface area contributed by atoms with Crippen LogP contribution >= 0.6 is 0 Å². The number of benzene rings is 2. The highest BCUT2D eigenvalue weighted by Gasteiger charge is 2.48. The van der Waals surface area contributed by atoms with Crippen LogP contribution in [0.15, 0.2) is 58.8 Å². The molecule has 0 bridgehead atoms. The van der Waals surface area contributed by atoms with E-state index in [-0.39, 0.29) is 45.4 Å². The Morgan fingerprint density at radius 1 is 0.894 bits per heavy atom. The van der Waals surface area contributed by atoms with Crippen molar-refractivity contribution in [2.45, 2.75) is 65.0 Å². The van der Waals surface area contributed by atoms with Gasteiger partial charge in [-0.3, -0.25) is 19.2 Å². The summed E-state index contributed by atoms with van der Waals surface area (Å²) in [6, 6.07) is 12.4. The van der Waals surface area contributed by atoms with Crippen molar-refractivity contribution in [3.8, 4) is 0 Å². The summed E-state index contributed by atoms with van der Waals surface area (Å²) in [5.41, 5.74) is 7.11. The fourth-order valence-electron chi connectivity index (χ4n) is 4.53. The lowest BCUT2D eigenvalue weighted by Crippen LogP contribution is -2.46. The lowest BCUT2D eigenvalue weighted by atomic mass is 9.98. The number of azo groups is 1. The number of hydrogen-bond donors (Lipinski definition) is 4. The van der Waals surface area contributed by atoms with Crippen LogP contribution in [0.2, 0.25) is 0 Å². The fourth-order valence-corrected chi connectivity index (χ4v) is 4.53. The van der Waals surface area contributed by atoms with Crippen molar-refractivity contribution in [3.63, 3.8) is 0 Å². The molecule has 0 radical (unpaired) electrons. The third kappa shape index (κ3) is 11.8. The molecule has 252 valence electrons. The van der Waals surface area contributed by atoms with E-state index in [9.17, 15) is 28.8 Å². The fraction of sp³-hybridized carbons (Fsp3) is 0.438. The molecule has 0 aromatic heterocycles. The van der Waals surface area contributed by atoms with Crippen LogP contribution < -0.4 is 21.7 Å². The number of esters is 1. The Morgan fingerprint density at radius 2 is 1.47 bits per heavy atom. The van der Waals surface area contributed by atoms with Gasteiger partial charge in [0.1, 0.15) is 11.6 Å². The van der Waals surface area contributed by atoms with Gasteiger partial charge in [-0.2, -0.15) is 10.2 Å². The summed E-state index contributed by atoms with van der Waals surface area (Å²) in [4.78, 5) is 75.7. The minimum Gasteiger partial charge on any atom is -0.464 e.